The highest BCUT2D eigenvalue weighted by molar-refractivity contribution is 7.84. The molecule has 0 saturated carbocycles. The monoisotopic (exact) mass is 258 g/mol. The van der Waals surface area contributed by atoms with E-state index in [0.717, 1.165) is 0 Å². The van der Waals surface area contributed by atoms with Crippen LogP contribution in [0.15, 0.2) is 6.20 Å². The van der Waals surface area contributed by atoms with Crippen molar-refractivity contribution in [2.75, 3.05) is 18.5 Å². The van der Waals surface area contributed by atoms with Gasteiger partial charge in [-0.05, 0) is 13.8 Å². The van der Waals surface area contributed by atoms with E-state index in [1.165, 1.54) is 0 Å². The molecule has 2 unspecified atom stereocenters. The molecule has 0 aromatic carbocycles. The van der Waals surface area contributed by atoms with Gasteiger partial charge in [-0.2, -0.15) is 5.10 Å². The standard InChI is InChI=1S/C10H18N4O2S/c1-4-14-6-8(11)9(13-14)10(15)12-5-7(2)17(3)16/h6-7H,4-5,11H2,1-3H3,(H,12,15). The second kappa shape index (κ2) is 5.81. The average molecular weight is 258 g/mol. The van der Waals surface area contributed by atoms with E-state index in [4.69, 9.17) is 5.73 Å². The number of hydrogen-bond acceptors (Lipinski definition) is 4. The molecule has 1 aromatic heterocycles. The van der Waals surface area contributed by atoms with Gasteiger partial charge < -0.3 is 11.1 Å². The van der Waals surface area contributed by atoms with Crippen LogP contribution >= 0.6 is 0 Å². The molecule has 0 spiro atoms. The van der Waals surface area contributed by atoms with Gasteiger partial charge in [0.2, 0.25) is 0 Å². The highest BCUT2D eigenvalue weighted by Gasteiger charge is 2.15. The van der Waals surface area contributed by atoms with Gasteiger partial charge in [0.1, 0.15) is 0 Å². The number of nitrogens with zero attached hydrogens (tertiary/aromatic N) is 2. The highest BCUT2D eigenvalue weighted by atomic mass is 32.2. The van der Waals surface area contributed by atoms with Crippen LogP contribution in [0.25, 0.3) is 0 Å². The number of hydrogen-bond donors (Lipinski definition) is 2. The summed E-state index contributed by atoms with van der Waals surface area (Å²) in [6, 6.07) is 0. The van der Waals surface area contributed by atoms with Crippen LogP contribution in [0.5, 0.6) is 0 Å². The van der Waals surface area contributed by atoms with Crippen LogP contribution in [-0.4, -0.2) is 37.9 Å². The van der Waals surface area contributed by atoms with Crippen LogP contribution in [0.4, 0.5) is 5.69 Å². The number of amides is 1. The predicted molar refractivity (Wildman–Crippen MR) is 68.2 cm³/mol. The molecule has 1 heterocycles. The molecule has 0 aliphatic heterocycles. The van der Waals surface area contributed by atoms with Gasteiger partial charge >= 0.3 is 0 Å². The van der Waals surface area contributed by atoms with Crippen molar-refractivity contribution < 1.29 is 9.00 Å². The number of nitrogen functional groups attached to an aromatic ring is 1. The molecule has 17 heavy (non-hydrogen) atoms. The minimum atomic E-state index is -0.956. The van der Waals surface area contributed by atoms with Crippen molar-refractivity contribution in [2.24, 2.45) is 0 Å². The van der Waals surface area contributed by atoms with Crippen molar-refractivity contribution in [3.8, 4) is 0 Å². The molecule has 96 valence electrons. The molecule has 0 radical (unpaired) electrons. The Balaban J connectivity index is 2.63. The zero-order valence-corrected chi connectivity index (χ0v) is 11.1. The van der Waals surface area contributed by atoms with Gasteiger partial charge in [0.25, 0.3) is 5.91 Å². The molecule has 3 N–H and O–H groups in total. The van der Waals surface area contributed by atoms with Crippen molar-refractivity contribution in [1.29, 1.82) is 0 Å². The summed E-state index contributed by atoms with van der Waals surface area (Å²) in [5.74, 6) is -0.327. The number of nitrogens with one attached hydrogen (secondary N) is 1. The van der Waals surface area contributed by atoms with E-state index < -0.39 is 10.8 Å². The molecule has 1 aromatic rings. The zero-order valence-electron chi connectivity index (χ0n) is 10.3. The maximum Gasteiger partial charge on any atom is 0.273 e. The summed E-state index contributed by atoms with van der Waals surface area (Å²) in [4.78, 5) is 11.8. The Hall–Kier alpha value is -1.37. The normalized spacial score (nSPS) is 14.3. The molecule has 0 bridgehead atoms. The number of anilines is 1. The zero-order chi connectivity index (χ0) is 13.0. The van der Waals surface area contributed by atoms with E-state index in [1.807, 2.05) is 13.8 Å². The van der Waals surface area contributed by atoms with Crippen LogP contribution in [0, 0.1) is 0 Å². The average Bonchev–Trinajstić information content (AvgIpc) is 2.66. The summed E-state index contributed by atoms with van der Waals surface area (Å²) < 4.78 is 12.7. The van der Waals surface area contributed by atoms with Crippen LogP contribution < -0.4 is 11.1 Å². The molecule has 7 heteroatoms. The Bertz CT molecular complexity index is 430. The fourth-order valence-corrected chi connectivity index (χ4v) is 1.53. The van der Waals surface area contributed by atoms with Crippen LogP contribution in [0.2, 0.25) is 0 Å². The number of nitrogens with two attached hydrogens (primary N) is 1. The minimum Gasteiger partial charge on any atom is -0.396 e. The first-order valence-corrected chi connectivity index (χ1v) is 7.01. The third-order valence-electron chi connectivity index (χ3n) is 2.45. The summed E-state index contributed by atoms with van der Waals surface area (Å²) in [5.41, 5.74) is 6.26. The second-order valence-corrected chi connectivity index (χ2v) is 5.61. The summed E-state index contributed by atoms with van der Waals surface area (Å²) in [6.07, 6.45) is 3.23. The molecule has 0 aliphatic carbocycles. The van der Waals surface area contributed by atoms with Gasteiger partial charge in [-0.15, -0.1) is 0 Å². The predicted octanol–water partition coefficient (Wildman–Crippen LogP) is -0.0180. The quantitative estimate of drug-likeness (QED) is 0.776. The highest BCUT2D eigenvalue weighted by Crippen LogP contribution is 2.08. The van der Waals surface area contributed by atoms with Crippen molar-refractivity contribution in [3.63, 3.8) is 0 Å². The van der Waals surface area contributed by atoms with Gasteiger partial charge in [0.05, 0.1) is 5.69 Å². The van der Waals surface area contributed by atoms with Gasteiger partial charge in [0.15, 0.2) is 5.69 Å². The summed E-state index contributed by atoms with van der Waals surface area (Å²) in [5, 5.41) is 6.64. The van der Waals surface area contributed by atoms with Crippen molar-refractivity contribution in [2.45, 2.75) is 25.6 Å². The Morgan fingerprint density at radius 3 is 2.82 bits per heavy atom. The molecule has 0 aliphatic rings. The molecule has 2 atom stereocenters. The van der Waals surface area contributed by atoms with E-state index in [0.29, 0.717) is 18.8 Å². The fraction of sp³-hybridized carbons (Fsp3) is 0.600. The number of carbonyl (C=O) groups excluding carboxylic acids is 1. The van der Waals surface area contributed by atoms with E-state index in [-0.39, 0.29) is 16.9 Å². The van der Waals surface area contributed by atoms with Crippen molar-refractivity contribution >= 4 is 22.4 Å². The van der Waals surface area contributed by atoms with E-state index in [9.17, 15) is 9.00 Å². The smallest absolute Gasteiger partial charge is 0.273 e. The van der Waals surface area contributed by atoms with Gasteiger partial charge in [-0.25, -0.2) is 0 Å². The van der Waals surface area contributed by atoms with Crippen LogP contribution in [0.1, 0.15) is 24.3 Å². The summed E-state index contributed by atoms with van der Waals surface area (Å²) in [6.45, 7) is 4.73. The summed E-state index contributed by atoms with van der Waals surface area (Å²) >= 11 is 0. The van der Waals surface area contributed by atoms with Crippen LogP contribution in [-0.2, 0) is 17.3 Å². The SMILES string of the molecule is CCn1cc(N)c(C(=O)NCC(C)S(C)=O)n1. The van der Waals surface area contributed by atoms with Crippen molar-refractivity contribution in [3.05, 3.63) is 11.9 Å². The molecule has 1 rings (SSSR count). The Morgan fingerprint density at radius 1 is 1.71 bits per heavy atom. The third-order valence-corrected chi connectivity index (χ3v) is 3.75. The molecule has 6 nitrogen and oxygen atoms in total. The van der Waals surface area contributed by atoms with Gasteiger partial charge in [0, 0.05) is 41.6 Å². The first-order valence-electron chi connectivity index (χ1n) is 5.39. The summed E-state index contributed by atoms with van der Waals surface area (Å²) in [7, 11) is -0.956. The van der Waals surface area contributed by atoms with Crippen LogP contribution in [0.3, 0.4) is 0 Å². The first kappa shape index (κ1) is 13.7. The van der Waals surface area contributed by atoms with E-state index in [2.05, 4.69) is 10.4 Å². The van der Waals surface area contributed by atoms with E-state index in [1.54, 1.807) is 17.1 Å². The van der Waals surface area contributed by atoms with Crippen molar-refractivity contribution in [1.82, 2.24) is 15.1 Å². The number of carbonyl (C=O) groups is 1. The maximum atomic E-state index is 11.8. The Morgan fingerprint density at radius 2 is 2.35 bits per heavy atom. The maximum absolute atomic E-state index is 11.8. The number of aromatic nitrogens is 2. The Labute approximate surface area is 103 Å². The largest absolute Gasteiger partial charge is 0.396 e. The lowest BCUT2D eigenvalue weighted by atomic mass is 10.3. The number of rotatable bonds is 5. The first-order chi connectivity index (χ1) is 7.95. The molecule has 0 fully saturated rings. The lowest BCUT2D eigenvalue weighted by Crippen LogP contribution is -2.33. The van der Waals surface area contributed by atoms with E-state index >= 15 is 0 Å². The van der Waals surface area contributed by atoms with Gasteiger partial charge in [-0.1, -0.05) is 0 Å². The fourth-order valence-electron chi connectivity index (χ4n) is 1.21. The Kier molecular flexibility index (Phi) is 4.68. The molecule has 0 saturated heterocycles. The lowest BCUT2D eigenvalue weighted by Gasteiger charge is -2.08. The molecular weight excluding hydrogens is 240 g/mol. The lowest BCUT2D eigenvalue weighted by molar-refractivity contribution is 0.0949. The number of aryl methyl sites for hydroxylation is 1. The van der Waals surface area contributed by atoms with Gasteiger partial charge in [-0.3, -0.25) is 13.7 Å². The molecular formula is C10H18N4O2S. The third kappa shape index (κ3) is 3.55. The topological polar surface area (TPSA) is 90.0 Å². The second-order valence-electron chi connectivity index (χ2n) is 3.81. The minimum absolute atomic E-state index is 0.0894. The molecule has 1 amide bonds.